The van der Waals surface area contributed by atoms with Crippen LogP contribution in [0.5, 0.6) is 0 Å². The first-order valence-corrected chi connectivity index (χ1v) is 8.82. The number of anilines is 1. The van der Waals surface area contributed by atoms with Crippen molar-refractivity contribution in [1.29, 1.82) is 0 Å². The van der Waals surface area contributed by atoms with Gasteiger partial charge in [0.05, 0.1) is 18.9 Å². The fourth-order valence-electron chi connectivity index (χ4n) is 3.06. The smallest absolute Gasteiger partial charge is 0.242 e. The maximum absolute atomic E-state index is 12.5. The molecule has 0 aliphatic carbocycles. The van der Waals surface area contributed by atoms with Gasteiger partial charge in [-0.05, 0) is 25.6 Å². The number of likely N-dealkylation sites (N-methyl/N-ethyl adjacent to an activating group) is 1. The summed E-state index contributed by atoms with van der Waals surface area (Å²) < 4.78 is 7.24. The highest BCUT2D eigenvalue weighted by Gasteiger charge is 2.20. The number of rotatable bonds is 6. The lowest BCUT2D eigenvalue weighted by molar-refractivity contribution is -0.123. The lowest BCUT2D eigenvalue weighted by Gasteiger charge is -2.32. The molecule has 1 saturated heterocycles. The Morgan fingerprint density at radius 1 is 1.36 bits per heavy atom. The number of nitrogens with one attached hydrogen (secondary N) is 2. The number of pyridine rings is 1. The molecular formula is C18H28Cl2N6O2. The van der Waals surface area contributed by atoms with Crippen molar-refractivity contribution in [3.05, 3.63) is 41.9 Å². The van der Waals surface area contributed by atoms with Crippen molar-refractivity contribution in [3.8, 4) is 0 Å². The largest absolute Gasteiger partial charge is 0.375 e. The number of amides is 1. The number of hydrogen-bond donors (Lipinski definition) is 2. The van der Waals surface area contributed by atoms with Crippen molar-refractivity contribution in [2.45, 2.75) is 25.6 Å². The lowest BCUT2D eigenvalue weighted by atomic mass is 10.1. The Morgan fingerprint density at radius 2 is 2.14 bits per heavy atom. The van der Waals surface area contributed by atoms with Crippen molar-refractivity contribution in [1.82, 2.24) is 25.4 Å². The zero-order valence-electron chi connectivity index (χ0n) is 16.3. The van der Waals surface area contributed by atoms with E-state index in [2.05, 4.69) is 32.5 Å². The Bertz CT molecular complexity index is 740. The van der Waals surface area contributed by atoms with Crippen LogP contribution in [0.15, 0.2) is 30.7 Å². The second kappa shape index (κ2) is 11.2. The van der Waals surface area contributed by atoms with Gasteiger partial charge in [-0.15, -0.1) is 24.8 Å². The van der Waals surface area contributed by atoms with Gasteiger partial charge in [0.1, 0.15) is 11.9 Å². The molecule has 1 fully saturated rings. The summed E-state index contributed by atoms with van der Waals surface area (Å²) in [5.74, 6) is 0.852. The number of nitrogens with zero attached hydrogens (tertiary/aromatic N) is 4. The first-order chi connectivity index (χ1) is 12.6. The maximum atomic E-state index is 12.5. The summed E-state index contributed by atoms with van der Waals surface area (Å²) in [5.41, 5.74) is 1.80. The molecule has 0 radical (unpaired) electrons. The topological polar surface area (TPSA) is 84.3 Å². The molecule has 2 aromatic rings. The minimum absolute atomic E-state index is 0. The standard InChI is InChI=1S/C18H26N6O2.2ClH/c1-13-11-24(6-7-26-13)16-5-4-14(8-20-16)9-21-18(25)17(19-2)15-10-22-23(3)12-15;;/h4-5,8,10,12-13,17,19H,6-7,9,11H2,1-3H3,(H,21,25);2*1H. The lowest BCUT2D eigenvalue weighted by Crippen LogP contribution is -2.41. The molecule has 1 aliphatic heterocycles. The van der Waals surface area contributed by atoms with Crippen molar-refractivity contribution >= 4 is 36.5 Å². The van der Waals surface area contributed by atoms with Gasteiger partial charge < -0.3 is 20.3 Å². The average Bonchev–Trinajstić information content (AvgIpc) is 3.07. The Hall–Kier alpha value is -1.87. The predicted octanol–water partition coefficient (Wildman–Crippen LogP) is 1.46. The SMILES string of the molecule is CNC(C(=O)NCc1ccc(N2CCOC(C)C2)nc1)c1cnn(C)c1.Cl.Cl. The van der Waals surface area contributed by atoms with Gasteiger partial charge in [0.25, 0.3) is 0 Å². The molecule has 28 heavy (non-hydrogen) atoms. The van der Waals surface area contributed by atoms with Gasteiger partial charge in [0.15, 0.2) is 0 Å². The summed E-state index contributed by atoms with van der Waals surface area (Å²) >= 11 is 0. The fourth-order valence-corrected chi connectivity index (χ4v) is 3.06. The molecule has 2 atom stereocenters. The molecule has 2 N–H and O–H groups in total. The van der Waals surface area contributed by atoms with E-state index in [0.717, 1.165) is 36.6 Å². The summed E-state index contributed by atoms with van der Waals surface area (Å²) in [5, 5.41) is 10.1. The molecule has 10 heteroatoms. The van der Waals surface area contributed by atoms with Gasteiger partial charge >= 0.3 is 0 Å². The van der Waals surface area contributed by atoms with Crippen molar-refractivity contribution in [2.24, 2.45) is 7.05 Å². The third kappa shape index (κ3) is 6.07. The van der Waals surface area contributed by atoms with E-state index in [1.165, 1.54) is 0 Å². The van der Waals surface area contributed by atoms with Crippen LogP contribution in [-0.2, 0) is 23.1 Å². The van der Waals surface area contributed by atoms with E-state index in [1.807, 2.05) is 31.6 Å². The van der Waals surface area contributed by atoms with Crippen LogP contribution in [0.4, 0.5) is 5.82 Å². The third-order valence-corrected chi connectivity index (χ3v) is 4.45. The second-order valence-corrected chi connectivity index (χ2v) is 6.54. The summed E-state index contributed by atoms with van der Waals surface area (Å²) in [6.45, 7) is 4.92. The van der Waals surface area contributed by atoms with Crippen molar-refractivity contribution in [2.75, 3.05) is 31.6 Å². The van der Waals surface area contributed by atoms with Crippen LogP contribution in [0.1, 0.15) is 24.1 Å². The summed E-state index contributed by atoms with van der Waals surface area (Å²) in [4.78, 5) is 19.2. The molecular weight excluding hydrogens is 403 g/mol. The zero-order valence-corrected chi connectivity index (χ0v) is 17.9. The highest BCUT2D eigenvalue weighted by atomic mass is 35.5. The van der Waals surface area contributed by atoms with E-state index in [1.54, 1.807) is 17.9 Å². The molecule has 0 bridgehead atoms. The number of aryl methyl sites for hydroxylation is 1. The van der Waals surface area contributed by atoms with Crippen LogP contribution in [0.3, 0.4) is 0 Å². The van der Waals surface area contributed by atoms with Gasteiger partial charge in [0, 0.05) is 44.6 Å². The minimum atomic E-state index is -0.425. The quantitative estimate of drug-likeness (QED) is 0.721. The monoisotopic (exact) mass is 430 g/mol. The third-order valence-electron chi connectivity index (χ3n) is 4.45. The number of morpholine rings is 1. The first-order valence-electron chi connectivity index (χ1n) is 8.82. The average molecular weight is 431 g/mol. The summed E-state index contributed by atoms with van der Waals surface area (Å²) in [6.07, 6.45) is 5.56. The van der Waals surface area contributed by atoms with Crippen LogP contribution in [-0.4, -0.2) is 53.5 Å². The highest BCUT2D eigenvalue weighted by Crippen LogP contribution is 2.16. The molecule has 3 rings (SSSR count). The molecule has 8 nitrogen and oxygen atoms in total. The highest BCUT2D eigenvalue weighted by molar-refractivity contribution is 5.85. The minimum Gasteiger partial charge on any atom is -0.375 e. The summed E-state index contributed by atoms with van der Waals surface area (Å²) in [6, 6.07) is 3.57. The van der Waals surface area contributed by atoms with E-state index >= 15 is 0 Å². The molecule has 1 aliphatic rings. The normalized spacial score (nSPS) is 17.2. The van der Waals surface area contributed by atoms with E-state index in [4.69, 9.17) is 4.74 Å². The maximum Gasteiger partial charge on any atom is 0.242 e. The van der Waals surface area contributed by atoms with Gasteiger partial charge in [0.2, 0.25) is 5.91 Å². The Balaban J connectivity index is 0.00000196. The number of hydrogen-bond acceptors (Lipinski definition) is 6. The Kier molecular flexibility index (Phi) is 9.68. The Labute approximate surface area is 177 Å². The fraction of sp³-hybridized carbons (Fsp3) is 0.500. The number of carbonyl (C=O) groups excluding carboxylic acids is 1. The Morgan fingerprint density at radius 3 is 2.71 bits per heavy atom. The van der Waals surface area contributed by atoms with Crippen LogP contribution < -0.4 is 15.5 Å². The van der Waals surface area contributed by atoms with Gasteiger partial charge in [-0.2, -0.15) is 5.10 Å². The number of halogens is 2. The summed E-state index contributed by atoms with van der Waals surface area (Å²) in [7, 11) is 3.59. The van der Waals surface area contributed by atoms with E-state index in [-0.39, 0.29) is 36.8 Å². The molecule has 0 saturated carbocycles. The van der Waals surface area contributed by atoms with Crippen molar-refractivity contribution in [3.63, 3.8) is 0 Å². The molecule has 0 aromatic carbocycles. The number of ether oxygens (including phenoxy) is 1. The van der Waals surface area contributed by atoms with Crippen molar-refractivity contribution < 1.29 is 9.53 Å². The molecule has 2 aromatic heterocycles. The van der Waals surface area contributed by atoms with Gasteiger partial charge in [-0.25, -0.2) is 4.98 Å². The van der Waals surface area contributed by atoms with Crippen LogP contribution in [0, 0.1) is 0 Å². The number of carbonyl (C=O) groups is 1. The van der Waals surface area contributed by atoms with Crippen LogP contribution in [0.2, 0.25) is 0 Å². The predicted molar refractivity (Wildman–Crippen MR) is 113 cm³/mol. The number of aromatic nitrogens is 3. The molecule has 2 unspecified atom stereocenters. The van der Waals surface area contributed by atoms with E-state index in [0.29, 0.717) is 6.54 Å². The van der Waals surface area contributed by atoms with E-state index in [9.17, 15) is 4.79 Å². The first kappa shape index (κ1) is 24.2. The molecule has 3 heterocycles. The van der Waals surface area contributed by atoms with Gasteiger partial charge in [-0.3, -0.25) is 9.48 Å². The van der Waals surface area contributed by atoms with Crippen LogP contribution in [0.25, 0.3) is 0 Å². The zero-order chi connectivity index (χ0) is 18.5. The second-order valence-electron chi connectivity index (χ2n) is 6.54. The molecule has 1 amide bonds. The van der Waals surface area contributed by atoms with Gasteiger partial charge in [-0.1, -0.05) is 6.07 Å². The van der Waals surface area contributed by atoms with E-state index < -0.39 is 6.04 Å². The molecule has 156 valence electrons. The molecule has 0 spiro atoms. The van der Waals surface area contributed by atoms with Crippen LogP contribution >= 0.6 is 24.8 Å².